The van der Waals surface area contributed by atoms with Gasteiger partial charge in [0.25, 0.3) is 0 Å². The Morgan fingerprint density at radius 3 is 2.15 bits per heavy atom. The number of nitrogens with zero attached hydrogens (tertiary/aromatic N) is 1. The molecule has 0 radical (unpaired) electrons. The third-order valence-corrected chi connectivity index (χ3v) is 6.12. The summed E-state index contributed by atoms with van der Waals surface area (Å²) in [7, 11) is 0. The Balaban J connectivity index is 1.53. The third-order valence-electron chi connectivity index (χ3n) is 6.12. The fourth-order valence-corrected chi connectivity index (χ4v) is 4.32. The fourth-order valence-electron chi connectivity index (χ4n) is 4.32. The maximum Gasteiger partial charge on any atom is 0.233 e. The van der Waals surface area contributed by atoms with Crippen LogP contribution < -0.4 is 4.90 Å². The van der Waals surface area contributed by atoms with Crippen LogP contribution in [0.1, 0.15) is 48.6 Å². The quantitative estimate of drug-likeness (QED) is 0.424. The summed E-state index contributed by atoms with van der Waals surface area (Å²) in [4.78, 5) is 14.8. The van der Waals surface area contributed by atoms with Crippen molar-refractivity contribution in [2.75, 3.05) is 11.5 Å². The molecule has 0 spiro atoms. The monoisotopic (exact) mass is 451 g/mol. The number of ether oxygens (including phenoxy) is 1. The Labute approximate surface area is 192 Å². The van der Waals surface area contributed by atoms with E-state index in [4.69, 9.17) is 4.74 Å². The van der Waals surface area contributed by atoms with E-state index in [2.05, 4.69) is 0 Å². The molecule has 1 amide bonds. The molecular weight excluding hydrogens is 424 g/mol. The molecule has 0 bridgehead atoms. The van der Waals surface area contributed by atoms with Gasteiger partial charge in [-0.05, 0) is 72.9 Å². The predicted molar refractivity (Wildman–Crippen MR) is 122 cm³/mol. The number of anilines is 1. The van der Waals surface area contributed by atoms with Crippen molar-refractivity contribution in [3.05, 3.63) is 101 Å². The molecule has 1 aliphatic heterocycles. The highest BCUT2D eigenvalue weighted by Gasteiger charge is 2.48. The molecular formula is C27H27F2NO3. The van der Waals surface area contributed by atoms with Crippen molar-refractivity contribution in [2.24, 2.45) is 5.92 Å². The summed E-state index contributed by atoms with van der Waals surface area (Å²) >= 11 is 0. The van der Waals surface area contributed by atoms with Crippen LogP contribution in [-0.2, 0) is 16.1 Å². The highest BCUT2D eigenvalue weighted by Crippen LogP contribution is 2.46. The summed E-state index contributed by atoms with van der Waals surface area (Å²) in [5, 5.41) is 10.6. The van der Waals surface area contributed by atoms with Crippen LogP contribution in [0.2, 0.25) is 0 Å². The SMILES string of the molecule is CCOCc1ccc(C2C(CCC(O)c3ccc(F)cc3)C(=O)N2c2ccc(F)cc2)cc1. The second-order valence-corrected chi connectivity index (χ2v) is 8.26. The van der Waals surface area contributed by atoms with Gasteiger partial charge in [0.05, 0.1) is 24.7 Å². The van der Waals surface area contributed by atoms with Crippen LogP contribution in [0.15, 0.2) is 72.8 Å². The van der Waals surface area contributed by atoms with E-state index in [9.17, 15) is 18.7 Å². The molecule has 6 heteroatoms. The molecule has 1 aliphatic rings. The molecule has 4 rings (SSSR count). The Bertz CT molecular complexity index is 1070. The van der Waals surface area contributed by atoms with Crippen LogP contribution in [0.3, 0.4) is 0 Å². The van der Waals surface area contributed by atoms with Gasteiger partial charge in [-0.25, -0.2) is 8.78 Å². The molecule has 4 nitrogen and oxygen atoms in total. The average Bonchev–Trinajstić information content (AvgIpc) is 2.83. The number of rotatable bonds is 9. The van der Waals surface area contributed by atoms with Gasteiger partial charge < -0.3 is 14.7 Å². The lowest BCUT2D eigenvalue weighted by Crippen LogP contribution is -2.55. The molecule has 3 atom stereocenters. The summed E-state index contributed by atoms with van der Waals surface area (Å²) < 4.78 is 32.1. The maximum atomic E-state index is 13.4. The fraction of sp³-hybridized carbons (Fsp3) is 0.296. The highest BCUT2D eigenvalue weighted by molar-refractivity contribution is 6.03. The van der Waals surface area contributed by atoms with Crippen LogP contribution in [-0.4, -0.2) is 17.6 Å². The number of halogens is 2. The third kappa shape index (κ3) is 5.13. The van der Waals surface area contributed by atoms with Gasteiger partial charge in [0.2, 0.25) is 5.91 Å². The Morgan fingerprint density at radius 2 is 1.55 bits per heavy atom. The van der Waals surface area contributed by atoms with Gasteiger partial charge in [-0.15, -0.1) is 0 Å². The van der Waals surface area contributed by atoms with Crippen LogP contribution in [0.25, 0.3) is 0 Å². The summed E-state index contributed by atoms with van der Waals surface area (Å²) in [6.07, 6.45) is 0.0612. The lowest BCUT2D eigenvalue weighted by molar-refractivity contribution is -0.131. The van der Waals surface area contributed by atoms with E-state index in [-0.39, 0.29) is 29.5 Å². The molecule has 3 unspecified atom stereocenters. The van der Waals surface area contributed by atoms with Crippen molar-refractivity contribution < 1.29 is 23.4 Å². The lowest BCUT2D eigenvalue weighted by Gasteiger charge is -2.48. The second kappa shape index (κ2) is 10.2. The zero-order valence-corrected chi connectivity index (χ0v) is 18.5. The number of amides is 1. The molecule has 0 saturated carbocycles. The first-order chi connectivity index (χ1) is 16.0. The standard InChI is InChI=1S/C27H27F2NO3/c1-2-33-17-18-3-5-20(6-4-18)26-24(15-16-25(31)19-7-9-21(28)10-8-19)27(32)30(26)23-13-11-22(29)12-14-23/h3-14,24-26,31H,2,15-17H2,1H3. The molecule has 1 heterocycles. The largest absolute Gasteiger partial charge is 0.388 e. The Hall–Kier alpha value is -3.09. The minimum absolute atomic E-state index is 0.0590. The molecule has 172 valence electrons. The second-order valence-electron chi connectivity index (χ2n) is 8.26. The number of carbonyl (C=O) groups excluding carboxylic acids is 1. The van der Waals surface area contributed by atoms with Crippen molar-refractivity contribution in [2.45, 2.75) is 38.5 Å². The molecule has 1 fully saturated rings. The molecule has 1 N–H and O–H groups in total. The van der Waals surface area contributed by atoms with Gasteiger partial charge in [0, 0.05) is 12.3 Å². The first-order valence-electron chi connectivity index (χ1n) is 11.2. The number of hydrogen-bond acceptors (Lipinski definition) is 3. The van der Waals surface area contributed by atoms with Crippen molar-refractivity contribution in [1.29, 1.82) is 0 Å². The molecule has 3 aromatic rings. The zero-order valence-electron chi connectivity index (χ0n) is 18.5. The Morgan fingerprint density at radius 1 is 0.939 bits per heavy atom. The van der Waals surface area contributed by atoms with E-state index in [1.54, 1.807) is 29.2 Å². The highest BCUT2D eigenvalue weighted by atomic mass is 19.1. The number of benzene rings is 3. The molecule has 33 heavy (non-hydrogen) atoms. The van der Waals surface area contributed by atoms with Gasteiger partial charge in [0.1, 0.15) is 11.6 Å². The van der Waals surface area contributed by atoms with E-state index in [0.717, 1.165) is 11.1 Å². The number of aliphatic hydroxyl groups is 1. The van der Waals surface area contributed by atoms with Crippen LogP contribution >= 0.6 is 0 Å². The van der Waals surface area contributed by atoms with Crippen molar-refractivity contribution in [3.63, 3.8) is 0 Å². The van der Waals surface area contributed by atoms with E-state index in [1.165, 1.54) is 24.3 Å². The summed E-state index contributed by atoms with van der Waals surface area (Å²) in [5.74, 6) is -1.09. The number of aliphatic hydroxyl groups excluding tert-OH is 1. The topological polar surface area (TPSA) is 49.8 Å². The molecule has 0 aromatic heterocycles. The van der Waals surface area contributed by atoms with Crippen LogP contribution in [0, 0.1) is 17.6 Å². The predicted octanol–water partition coefficient (Wildman–Crippen LogP) is 5.72. The van der Waals surface area contributed by atoms with Gasteiger partial charge >= 0.3 is 0 Å². The van der Waals surface area contributed by atoms with E-state index in [1.807, 2.05) is 31.2 Å². The van der Waals surface area contributed by atoms with E-state index >= 15 is 0 Å². The van der Waals surface area contributed by atoms with E-state index in [0.29, 0.717) is 37.3 Å². The molecule has 1 saturated heterocycles. The summed E-state index contributed by atoms with van der Waals surface area (Å²) in [6, 6.07) is 19.4. The molecule has 3 aromatic carbocycles. The Kier molecular flexibility index (Phi) is 7.16. The summed E-state index contributed by atoms with van der Waals surface area (Å²) in [5.41, 5.74) is 3.28. The normalized spacial score (nSPS) is 18.8. The molecule has 0 aliphatic carbocycles. The first kappa shape index (κ1) is 23.1. The van der Waals surface area contributed by atoms with Gasteiger partial charge in [-0.2, -0.15) is 0 Å². The van der Waals surface area contributed by atoms with Crippen molar-refractivity contribution in [3.8, 4) is 0 Å². The minimum atomic E-state index is -0.785. The minimum Gasteiger partial charge on any atom is -0.388 e. The lowest BCUT2D eigenvalue weighted by atomic mass is 9.78. The van der Waals surface area contributed by atoms with Gasteiger partial charge in [-0.3, -0.25) is 4.79 Å². The average molecular weight is 452 g/mol. The van der Waals surface area contributed by atoms with Crippen molar-refractivity contribution >= 4 is 11.6 Å². The number of carbonyl (C=O) groups is 1. The van der Waals surface area contributed by atoms with Crippen LogP contribution in [0.4, 0.5) is 14.5 Å². The summed E-state index contributed by atoms with van der Waals surface area (Å²) in [6.45, 7) is 3.10. The van der Waals surface area contributed by atoms with Crippen LogP contribution in [0.5, 0.6) is 0 Å². The maximum absolute atomic E-state index is 13.4. The zero-order chi connectivity index (χ0) is 23.4. The number of β-lactam (4-membered cyclic amide) rings is 1. The first-order valence-corrected chi connectivity index (χ1v) is 11.2. The van der Waals surface area contributed by atoms with Gasteiger partial charge in [0.15, 0.2) is 0 Å². The van der Waals surface area contributed by atoms with E-state index < -0.39 is 6.10 Å². The smallest absolute Gasteiger partial charge is 0.233 e. The van der Waals surface area contributed by atoms with Gasteiger partial charge in [-0.1, -0.05) is 36.4 Å². The van der Waals surface area contributed by atoms with Crippen molar-refractivity contribution in [1.82, 2.24) is 0 Å². The number of hydrogen-bond donors (Lipinski definition) is 1.